The molecule has 9 atom stereocenters. The van der Waals surface area contributed by atoms with Gasteiger partial charge >= 0.3 is 5.97 Å². The quantitative estimate of drug-likeness (QED) is 0.304. The lowest BCUT2D eigenvalue weighted by atomic mass is 9.60. The van der Waals surface area contributed by atoms with Gasteiger partial charge in [-0.1, -0.05) is 71.4 Å². The fraction of sp³-hybridized carbons (Fsp3) is 0.719. The van der Waals surface area contributed by atoms with Gasteiger partial charge in [0.05, 0.1) is 12.2 Å². The molecule has 4 fully saturated rings. The maximum atomic E-state index is 12.3. The average molecular weight is 497 g/mol. The predicted molar refractivity (Wildman–Crippen MR) is 145 cm³/mol. The van der Waals surface area contributed by atoms with Crippen LogP contribution in [0.25, 0.3) is 0 Å². The molecule has 0 amide bonds. The zero-order valence-electron chi connectivity index (χ0n) is 23.0. The first kappa shape index (κ1) is 27.4. The summed E-state index contributed by atoms with van der Waals surface area (Å²) in [5, 5.41) is 20.8. The number of allylic oxidation sites excluding steroid dienone is 3. The smallest absolute Gasteiger partial charge is 0.334 e. The van der Waals surface area contributed by atoms with E-state index in [4.69, 9.17) is 4.74 Å². The third-order valence-corrected chi connectivity index (χ3v) is 10.4. The lowest BCUT2D eigenvalue weighted by Crippen LogP contribution is -2.37. The van der Waals surface area contributed by atoms with E-state index in [1.165, 1.54) is 31.3 Å². The minimum atomic E-state index is -0.673. The first-order chi connectivity index (χ1) is 17.1. The Morgan fingerprint density at radius 3 is 2.67 bits per heavy atom. The van der Waals surface area contributed by atoms with E-state index in [1.807, 2.05) is 6.92 Å². The van der Waals surface area contributed by atoms with E-state index >= 15 is 0 Å². The Labute approximate surface area is 218 Å². The summed E-state index contributed by atoms with van der Waals surface area (Å²) in [7, 11) is 0. The number of ether oxygens (including phenoxy) is 1. The molecule has 2 N–H and O–H groups in total. The summed E-state index contributed by atoms with van der Waals surface area (Å²) in [6, 6.07) is 0. The van der Waals surface area contributed by atoms with Crippen molar-refractivity contribution in [2.45, 2.75) is 110 Å². The second-order valence-corrected chi connectivity index (χ2v) is 12.6. The molecule has 4 rings (SSSR count). The van der Waals surface area contributed by atoms with Crippen molar-refractivity contribution in [3.05, 3.63) is 47.6 Å². The normalized spacial score (nSPS) is 42.2. The molecule has 3 aliphatic carbocycles. The largest absolute Gasteiger partial charge is 0.458 e. The molecule has 0 aromatic heterocycles. The van der Waals surface area contributed by atoms with E-state index in [0.717, 1.165) is 43.3 Å². The summed E-state index contributed by atoms with van der Waals surface area (Å²) < 4.78 is 5.84. The van der Waals surface area contributed by atoms with Crippen molar-refractivity contribution in [1.82, 2.24) is 0 Å². The van der Waals surface area contributed by atoms with E-state index in [-0.39, 0.29) is 29.3 Å². The number of cyclic esters (lactones) is 1. The molecule has 4 nitrogen and oxygen atoms in total. The summed E-state index contributed by atoms with van der Waals surface area (Å²) in [6.07, 6.45) is 13.9. The Morgan fingerprint density at radius 1 is 1.19 bits per heavy atom. The van der Waals surface area contributed by atoms with Gasteiger partial charge in [0.25, 0.3) is 0 Å². The van der Waals surface area contributed by atoms with Crippen LogP contribution >= 0.6 is 0 Å². The molecule has 0 unspecified atom stereocenters. The highest BCUT2D eigenvalue weighted by molar-refractivity contribution is 5.90. The summed E-state index contributed by atoms with van der Waals surface area (Å²) in [6.45, 7) is 17.1. The standard InChI is InChI=1S/C32H48O4/c1-7-8-11-25-21(4)31(35)36-29(25)17-19(2)26-14-15-27-23(10-9-16-32(26,27)6)12-13-24-18-28(33)22(5)30(34)20(24)3/h12-13,19,22,25-30,33-34H,3-4,7-11,14-18H2,1-2,5-6H3/b23-12+,24-13-/t19-,22+,25-,26-,27+,28-,29-,30-,32-/m1/s1. The topological polar surface area (TPSA) is 66.8 Å². The summed E-state index contributed by atoms with van der Waals surface area (Å²) in [4.78, 5) is 12.3. The number of fused-ring (bicyclic) bond motifs is 1. The van der Waals surface area contributed by atoms with E-state index in [2.05, 4.69) is 46.1 Å². The highest BCUT2D eigenvalue weighted by Crippen LogP contribution is 2.60. The van der Waals surface area contributed by atoms with Crippen LogP contribution in [0.2, 0.25) is 0 Å². The zero-order valence-corrected chi connectivity index (χ0v) is 23.0. The Balaban J connectivity index is 1.47. The maximum absolute atomic E-state index is 12.3. The molecule has 4 heteroatoms. The second-order valence-electron chi connectivity index (χ2n) is 12.6. The van der Waals surface area contributed by atoms with Crippen molar-refractivity contribution in [3.63, 3.8) is 0 Å². The molecule has 3 saturated carbocycles. The van der Waals surface area contributed by atoms with E-state index in [0.29, 0.717) is 29.7 Å². The Bertz CT molecular complexity index is 928. The van der Waals surface area contributed by atoms with Gasteiger partial charge in [0.2, 0.25) is 0 Å². The third-order valence-electron chi connectivity index (χ3n) is 10.4. The van der Waals surface area contributed by atoms with Gasteiger partial charge in [0, 0.05) is 17.4 Å². The average Bonchev–Trinajstić information content (AvgIpc) is 3.33. The Kier molecular flexibility index (Phi) is 8.36. The zero-order chi connectivity index (χ0) is 26.2. The molecular formula is C32H48O4. The van der Waals surface area contributed by atoms with Crippen molar-refractivity contribution in [3.8, 4) is 0 Å². The van der Waals surface area contributed by atoms with Crippen molar-refractivity contribution in [2.24, 2.45) is 35.0 Å². The molecule has 0 bridgehead atoms. The lowest BCUT2D eigenvalue weighted by molar-refractivity contribution is -0.140. The van der Waals surface area contributed by atoms with Gasteiger partial charge < -0.3 is 14.9 Å². The van der Waals surface area contributed by atoms with Crippen LogP contribution in [0, 0.1) is 35.0 Å². The molecule has 36 heavy (non-hydrogen) atoms. The molecule has 0 aromatic carbocycles. The molecule has 1 saturated heterocycles. The molecular weight excluding hydrogens is 448 g/mol. The number of esters is 1. The van der Waals surface area contributed by atoms with Crippen LogP contribution < -0.4 is 0 Å². The number of hydrogen-bond acceptors (Lipinski definition) is 4. The number of aliphatic hydroxyl groups excluding tert-OH is 2. The van der Waals surface area contributed by atoms with Crippen LogP contribution in [0.1, 0.15) is 91.9 Å². The number of unbranched alkanes of at least 4 members (excludes halogenated alkanes) is 1. The summed E-state index contributed by atoms with van der Waals surface area (Å²) >= 11 is 0. The van der Waals surface area contributed by atoms with Gasteiger partial charge in [0.1, 0.15) is 6.10 Å². The van der Waals surface area contributed by atoms with Crippen molar-refractivity contribution in [2.75, 3.05) is 0 Å². The Hall–Kier alpha value is -1.65. The number of rotatable bonds is 7. The first-order valence-electron chi connectivity index (χ1n) is 14.4. The summed E-state index contributed by atoms with van der Waals surface area (Å²) in [5.74, 6) is 1.50. The second kappa shape index (κ2) is 11.0. The van der Waals surface area contributed by atoms with Crippen LogP contribution in [-0.2, 0) is 9.53 Å². The number of hydrogen-bond donors (Lipinski definition) is 2. The van der Waals surface area contributed by atoms with Crippen molar-refractivity contribution in [1.29, 1.82) is 0 Å². The van der Waals surface area contributed by atoms with Crippen LogP contribution in [0.3, 0.4) is 0 Å². The Morgan fingerprint density at radius 2 is 1.94 bits per heavy atom. The molecule has 1 heterocycles. The van der Waals surface area contributed by atoms with Crippen molar-refractivity contribution >= 4 is 5.97 Å². The molecule has 1 aliphatic heterocycles. The van der Waals surface area contributed by atoms with Gasteiger partial charge in [-0.25, -0.2) is 4.79 Å². The predicted octanol–water partition coefficient (Wildman–Crippen LogP) is 6.69. The van der Waals surface area contributed by atoms with Crippen molar-refractivity contribution < 1.29 is 19.7 Å². The highest BCUT2D eigenvalue weighted by Gasteiger charge is 2.51. The number of carbonyl (C=O) groups excluding carboxylic acids is 1. The first-order valence-corrected chi connectivity index (χ1v) is 14.4. The highest BCUT2D eigenvalue weighted by atomic mass is 16.6. The van der Waals surface area contributed by atoms with E-state index in [1.54, 1.807) is 0 Å². The van der Waals surface area contributed by atoms with Crippen LogP contribution in [0.15, 0.2) is 47.6 Å². The number of aliphatic hydroxyl groups is 2. The van der Waals surface area contributed by atoms with E-state index < -0.39 is 12.2 Å². The lowest BCUT2D eigenvalue weighted by Gasteiger charge is -2.45. The molecule has 0 radical (unpaired) electrons. The molecule has 4 aliphatic rings. The minimum Gasteiger partial charge on any atom is -0.458 e. The summed E-state index contributed by atoms with van der Waals surface area (Å²) in [5.41, 5.74) is 4.20. The molecule has 0 spiro atoms. The number of carbonyl (C=O) groups is 1. The third kappa shape index (κ3) is 5.05. The fourth-order valence-electron chi connectivity index (χ4n) is 8.06. The molecule has 0 aromatic rings. The van der Waals surface area contributed by atoms with Gasteiger partial charge in [0.15, 0.2) is 0 Å². The monoisotopic (exact) mass is 496 g/mol. The fourth-order valence-corrected chi connectivity index (χ4v) is 8.06. The molecule has 200 valence electrons. The van der Waals surface area contributed by atoms with Gasteiger partial charge in [-0.3, -0.25) is 0 Å². The van der Waals surface area contributed by atoms with Gasteiger partial charge in [-0.2, -0.15) is 0 Å². The van der Waals surface area contributed by atoms with E-state index in [9.17, 15) is 15.0 Å². The van der Waals surface area contributed by atoms with Crippen LogP contribution in [0.4, 0.5) is 0 Å². The SMILES string of the molecule is C=C1/C(=C\C=C2/CCC[C@]3(C)[C@@H]([C@H](C)C[C@H]4OC(=O)C(=C)[C@H]4CCCC)CC[C@@H]23)C[C@@H](O)[C@H](C)[C@@H]1O. The van der Waals surface area contributed by atoms with Crippen LogP contribution in [0.5, 0.6) is 0 Å². The van der Waals surface area contributed by atoms with Gasteiger partial charge in [-0.05, 0) is 85.7 Å². The minimum absolute atomic E-state index is 0.0184. The van der Waals surface area contributed by atoms with Gasteiger partial charge in [-0.15, -0.1) is 0 Å². The van der Waals surface area contributed by atoms with Crippen LogP contribution in [-0.4, -0.2) is 34.5 Å². The maximum Gasteiger partial charge on any atom is 0.334 e.